The molecule has 2 aromatic carbocycles. The van der Waals surface area contributed by atoms with Gasteiger partial charge in [-0.15, -0.1) is 0 Å². The summed E-state index contributed by atoms with van der Waals surface area (Å²) in [5.41, 5.74) is 4.79. The molecule has 2 saturated carbocycles. The van der Waals surface area contributed by atoms with Gasteiger partial charge in [-0.1, -0.05) is 88.1 Å². The van der Waals surface area contributed by atoms with Crippen LogP contribution in [0.4, 0.5) is 0 Å². The average molecular weight is 579 g/mol. The molecule has 2 unspecified atom stereocenters. The van der Waals surface area contributed by atoms with Crippen LogP contribution in [0, 0.1) is 29.6 Å². The summed E-state index contributed by atoms with van der Waals surface area (Å²) in [7, 11) is 0. The highest BCUT2D eigenvalue weighted by molar-refractivity contribution is 5.26. The van der Waals surface area contributed by atoms with Crippen molar-refractivity contribution in [2.75, 3.05) is 13.2 Å². The largest absolute Gasteiger partial charge is 0.372 e. The van der Waals surface area contributed by atoms with Gasteiger partial charge in [0.15, 0.2) is 0 Å². The van der Waals surface area contributed by atoms with E-state index in [0.717, 1.165) is 41.2 Å². The van der Waals surface area contributed by atoms with Crippen LogP contribution in [-0.2, 0) is 43.6 Å². The van der Waals surface area contributed by atoms with E-state index in [1.165, 1.54) is 68.9 Å². The lowest BCUT2D eigenvalue weighted by Crippen LogP contribution is -2.33. The zero-order chi connectivity index (χ0) is 28.9. The fraction of sp³-hybridized carbons (Fsp3) is 0.667. The van der Waals surface area contributed by atoms with Crippen molar-refractivity contribution in [3.05, 3.63) is 70.8 Å². The fourth-order valence-corrected chi connectivity index (χ4v) is 7.76. The minimum atomic E-state index is -0.514. The lowest BCUT2D eigenvalue weighted by molar-refractivity contribution is -0.341. The Balaban J connectivity index is 0.958. The van der Waals surface area contributed by atoms with E-state index in [1.54, 1.807) is 0 Å². The highest BCUT2D eigenvalue weighted by Gasteiger charge is 2.52. The first kappa shape index (κ1) is 30.2. The summed E-state index contributed by atoms with van der Waals surface area (Å²) >= 11 is 0. The summed E-state index contributed by atoms with van der Waals surface area (Å²) in [4.78, 5) is 16.5. The minimum Gasteiger partial charge on any atom is -0.372 e. The third kappa shape index (κ3) is 7.46. The highest BCUT2D eigenvalue weighted by atomic mass is 17.2. The van der Waals surface area contributed by atoms with E-state index >= 15 is 0 Å². The Bertz CT molecular complexity index is 1090. The van der Waals surface area contributed by atoms with Crippen LogP contribution in [0.25, 0.3) is 0 Å². The van der Waals surface area contributed by atoms with Crippen LogP contribution < -0.4 is 0 Å². The van der Waals surface area contributed by atoms with E-state index < -0.39 is 6.10 Å². The third-order valence-corrected chi connectivity index (χ3v) is 10.6. The molecule has 4 aliphatic rings. The van der Waals surface area contributed by atoms with Gasteiger partial charge in [0.1, 0.15) is 24.9 Å². The molecular weight excluding hydrogens is 528 g/mol. The second-order valence-electron chi connectivity index (χ2n) is 13.9. The second kappa shape index (κ2) is 14.3. The van der Waals surface area contributed by atoms with Crippen LogP contribution in [-0.4, -0.2) is 36.8 Å². The second-order valence-corrected chi connectivity index (χ2v) is 13.9. The maximum atomic E-state index is 9.90. The zero-order valence-corrected chi connectivity index (χ0v) is 25.5. The Morgan fingerprint density at radius 3 is 1.79 bits per heavy atom. The van der Waals surface area contributed by atoms with Gasteiger partial charge in [0.05, 0.1) is 19.3 Å². The molecule has 6 nitrogen and oxygen atoms in total. The maximum absolute atomic E-state index is 9.90. The molecule has 2 aromatic rings. The molecule has 0 radical (unpaired) electrons. The summed E-state index contributed by atoms with van der Waals surface area (Å²) in [5, 5.41) is 9.90. The van der Waals surface area contributed by atoms with Crippen molar-refractivity contribution in [1.29, 1.82) is 0 Å². The Morgan fingerprint density at radius 2 is 1.21 bits per heavy atom. The van der Waals surface area contributed by atoms with Crippen molar-refractivity contribution < 1.29 is 29.4 Å². The molecular formula is C36H50O6. The van der Waals surface area contributed by atoms with Gasteiger partial charge >= 0.3 is 0 Å². The van der Waals surface area contributed by atoms with Gasteiger partial charge in [-0.05, 0) is 84.5 Å². The summed E-state index contributed by atoms with van der Waals surface area (Å²) in [6, 6.07) is 17.3. The average Bonchev–Trinajstić information content (AvgIpc) is 3.61. The lowest BCUT2D eigenvalue weighted by Gasteiger charge is -2.26. The highest BCUT2D eigenvalue weighted by Crippen LogP contribution is 2.41. The normalized spacial score (nSPS) is 33.9. The Kier molecular flexibility index (Phi) is 10.3. The molecule has 2 aliphatic carbocycles. The zero-order valence-electron chi connectivity index (χ0n) is 25.5. The van der Waals surface area contributed by atoms with Gasteiger partial charge in [0.2, 0.25) is 0 Å². The monoisotopic (exact) mass is 578 g/mol. The molecule has 0 aromatic heterocycles. The van der Waals surface area contributed by atoms with Gasteiger partial charge in [-0.25, -0.2) is 14.7 Å². The van der Waals surface area contributed by atoms with Gasteiger partial charge in [-0.3, -0.25) is 5.26 Å². The van der Waals surface area contributed by atoms with Crippen LogP contribution in [0.15, 0.2) is 48.5 Å². The molecule has 0 spiro atoms. The van der Waals surface area contributed by atoms with Crippen molar-refractivity contribution in [3.63, 3.8) is 0 Å². The first-order valence-corrected chi connectivity index (χ1v) is 16.5. The molecule has 6 heteroatoms. The molecule has 5 atom stereocenters. The van der Waals surface area contributed by atoms with Crippen LogP contribution >= 0.6 is 0 Å². The number of ether oxygens (including phenoxy) is 2. The van der Waals surface area contributed by atoms with Crippen LogP contribution in [0.3, 0.4) is 0 Å². The van der Waals surface area contributed by atoms with E-state index in [0.29, 0.717) is 19.8 Å². The van der Waals surface area contributed by atoms with Crippen molar-refractivity contribution in [2.45, 2.75) is 109 Å². The number of hydrogen-bond donors (Lipinski definition) is 1. The van der Waals surface area contributed by atoms with E-state index in [4.69, 9.17) is 24.1 Å². The summed E-state index contributed by atoms with van der Waals surface area (Å²) in [5.74, 6) is 3.24. The van der Waals surface area contributed by atoms with Crippen molar-refractivity contribution in [1.82, 2.24) is 0 Å². The van der Waals surface area contributed by atoms with Crippen LogP contribution in [0.1, 0.15) is 93.6 Å². The molecule has 2 heterocycles. The summed E-state index contributed by atoms with van der Waals surface area (Å²) < 4.78 is 12.2. The molecule has 42 heavy (non-hydrogen) atoms. The molecule has 2 aliphatic heterocycles. The molecule has 6 rings (SSSR count). The smallest absolute Gasteiger partial charge is 0.145 e. The van der Waals surface area contributed by atoms with Gasteiger partial charge in [0, 0.05) is 5.92 Å². The quantitative estimate of drug-likeness (QED) is 0.216. The van der Waals surface area contributed by atoms with Crippen molar-refractivity contribution in [2.24, 2.45) is 29.6 Å². The maximum Gasteiger partial charge on any atom is 0.145 e. The Labute approximate surface area is 251 Å². The summed E-state index contributed by atoms with van der Waals surface area (Å²) in [6.45, 7) is 5.95. The predicted molar refractivity (Wildman–Crippen MR) is 162 cm³/mol. The fourth-order valence-electron chi connectivity index (χ4n) is 7.76. The minimum absolute atomic E-state index is 0.126. The lowest BCUT2D eigenvalue weighted by atomic mass is 9.80. The summed E-state index contributed by atoms with van der Waals surface area (Å²) in [6.07, 6.45) is 11.8. The van der Waals surface area contributed by atoms with E-state index in [-0.39, 0.29) is 24.2 Å². The SMILES string of the molecule is CC1CCC(Cc2ccc(COO[C@H]3CO[C@H]4C3OC[C@H]4C(OO)c3ccc(CC4CCC(C)CC4)cc3)cc2)CC1. The van der Waals surface area contributed by atoms with Crippen molar-refractivity contribution >= 4 is 0 Å². The van der Waals surface area contributed by atoms with Gasteiger partial charge in [-0.2, -0.15) is 0 Å². The Hall–Kier alpha value is -1.80. The van der Waals surface area contributed by atoms with Gasteiger partial charge in [0.25, 0.3) is 0 Å². The number of fused-ring (bicyclic) bond motifs is 1. The van der Waals surface area contributed by atoms with Crippen LogP contribution in [0.5, 0.6) is 0 Å². The first-order valence-electron chi connectivity index (χ1n) is 16.5. The number of benzene rings is 2. The standard InChI is InChI=1S/C36H50O6/c1-24-3-7-26(8-4-24)19-28-11-13-30(14-12-28)21-40-42-33-23-39-35-32(22-38-36(33)35)34(41-37)31-17-15-29(16-18-31)20-27-9-5-25(2)6-10-27/h11-18,24-27,32-37H,3-10,19-23H2,1-2H3/t24?,25?,26?,27?,32-,33-,34?,35+,36?/m0/s1. The van der Waals surface area contributed by atoms with E-state index in [9.17, 15) is 5.26 Å². The molecule has 4 fully saturated rings. The Morgan fingerprint density at radius 1 is 0.690 bits per heavy atom. The number of rotatable bonds is 11. The number of hydrogen-bond acceptors (Lipinski definition) is 6. The molecule has 0 bridgehead atoms. The van der Waals surface area contributed by atoms with Gasteiger partial charge < -0.3 is 9.47 Å². The molecule has 230 valence electrons. The van der Waals surface area contributed by atoms with Crippen LogP contribution in [0.2, 0.25) is 0 Å². The predicted octanol–water partition coefficient (Wildman–Crippen LogP) is 7.89. The molecule has 1 N–H and O–H groups in total. The third-order valence-electron chi connectivity index (χ3n) is 10.6. The van der Waals surface area contributed by atoms with E-state index in [2.05, 4.69) is 62.4 Å². The molecule has 0 amide bonds. The topological polar surface area (TPSA) is 66.4 Å². The molecule has 2 saturated heterocycles. The first-order chi connectivity index (χ1) is 20.6. The van der Waals surface area contributed by atoms with Crippen molar-refractivity contribution in [3.8, 4) is 0 Å². The van der Waals surface area contributed by atoms with E-state index in [1.807, 2.05) is 0 Å².